The van der Waals surface area contributed by atoms with Crippen LogP contribution in [0.2, 0.25) is 0 Å². The van der Waals surface area contributed by atoms with Crippen LogP contribution in [0.4, 0.5) is 0 Å². The van der Waals surface area contributed by atoms with Gasteiger partial charge in [0.1, 0.15) is 17.1 Å². The monoisotopic (exact) mass is 361 g/mol. The summed E-state index contributed by atoms with van der Waals surface area (Å²) in [7, 11) is 0. The first kappa shape index (κ1) is 19.9. The Morgan fingerprint density at radius 3 is 2.50 bits per heavy atom. The molecule has 1 aromatic rings. The van der Waals surface area contributed by atoms with Crippen LogP contribution in [0.5, 0.6) is 11.6 Å². The van der Waals surface area contributed by atoms with E-state index in [1.165, 1.54) is 6.08 Å². The number of unbranched alkanes of at least 4 members (excludes halogenated alkanes) is 1. The van der Waals surface area contributed by atoms with Crippen LogP contribution < -0.4 is 0 Å². The Hall–Kier alpha value is -2.37. The number of nitrogens with zero attached hydrogens (tertiary/aromatic N) is 1. The molecule has 1 aliphatic rings. The number of carbonyl (C=O) groups excluding carboxylic acids is 3. The predicted molar refractivity (Wildman–Crippen MR) is 97.4 cm³/mol. The van der Waals surface area contributed by atoms with E-state index in [9.17, 15) is 24.6 Å². The van der Waals surface area contributed by atoms with Crippen molar-refractivity contribution < 1.29 is 24.6 Å². The molecule has 0 saturated heterocycles. The summed E-state index contributed by atoms with van der Waals surface area (Å²) in [5.74, 6) is -1.87. The van der Waals surface area contributed by atoms with E-state index in [0.717, 1.165) is 23.6 Å². The molecule has 26 heavy (non-hydrogen) atoms. The van der Waals surface area contributed by atoms with Gasteiger partial charge in [0.25, 0.3) is 5.91 Å². The van der Waals surface area contributed by atoms with E-state index >= 15 is 0 Å². The molecule has 6 heteroatoms. The standard InChI is InChI=1S/C20H27NO5/c1-5-6-7-8-17(25)21-11-16(24)18(19(21)26)15(23)10-13-9-14(12(2)22)20(13,3)4/h7-8,11,13-14,24,26H,5-6,9-10H2,1-4H3/t13?,14-/m0/s1. The van der Waals surface area contributed by atoms with Crippen molar-refractivity contribution in [2.45, 2.75) is 53.4 Å². The Bertz CT molecular complexity index is 756. The van der Waals surface area contributed by atoms with Crippen molar-refractivity contribution in [3.63, 3.8) is 0 Å². The second-order valence-corrected chi connectivity index (χ2v) is 7.66. The van der Waals surface area contributed by atoms with E-state index in [1.54, 1.807) is 13.0 Å². The van der Waals surface area contributed by atoms with E-state index < -0.39 is 23.3 Å². The number of aromatic nitrogens is 1. The van der Waals surface area contributed by atoms with Gasteiger partial charge in [-0.3, -0.25) is 14.4 Å². The minimum absolute atomic E-state index is 0.00815. The smallest absolute Gasteiger partial charge is 0.257 e. The van der Waals surface area contributed by atoms with E-state index in [-0.39, 0.29) is 35.0 Å². The molecule has 1 saturated carbocycles. The Morgan fingerprint density at radius 1 is 1.31 bits per heavy atom. The third kappa shape index (κ3) is 3.59. The van der Waals surface area contributed by atoms with Gasteiger partial charge in [-0.2, -0.15) is 0 Å². The molecule has 0 bridgehead atoms. The lowest BCUT2D eigenvalue weighted by molar-refractivity contribution is -0.135. The Balaban J connectivity index is 2.16. The first-order valence-corrected chi connectivity index (χ1v) is 8.99. The van der Waals surface area contributed by atoms with Gasteiger partial charge in [-0.1, -0.05) is 33.3 Å². The number of Topliss-reactive ketones (excluding diaryl/α,β-unsaturated/α-hetero) is 2. The predicted octanol–water partition coefficient (Wildman–Crippen LogP) is 3.72. The highest BCUT2D eigenvalue weighted by molar-refractivity contribution is 6.03. The lowest BCUT2D eigenvalue weighted by atomic mass is 9.52. The maximum Gasteiger partial charge on any atom is 0.257 e. The molecule has 1 unspecified atom stereocenters. The maximum atomic E-state index is 12.6. The summed E-state index contributed by atoms with van der Waals surface area (Å²) in [6.45, 7) is 7.43. The topological polar surface area (TPSA) is 96.6 Å². The molecule has 0 aromatic carbocycles. The van der Waals surface area contributed by atoms with Crippen LogP contribution in [-0.4, -0.2) is 32.3 Å². The number of carbonyl (C=O) groups is 3. The van der Waals surface area contributed by atoms with Gasteiger partial charge in [-0.05, 0) is 37.2 Å². The molecule has 0 spiro atoms. The Morgan fingerprint density at radius 2 is 1.96 bits per heavy atom. The molecule has 2 N–H and O–H groups in total. The van der Waals surface area contributed by atoms with Crippen LogP contribution in [-0.2, 0) is 4.79 Å². The molecule has 142 valence electrons. The fourth-order valence-electron chi connectivity index (χ4n) is 3.73. The van der Waals surface area contributed by atoms with E-state index in [4.69, 9.17) is 0 Å². The van der Waals surface area contributed by atoms with Gasteiger partial charge in [-0.25, -0.2) is 4.57 Å². The number of allylic oxidation sites excluding steroid dienone is 2. The highest BCUT2D eigenvalue weighted by atomic mass is 16.3. The highest BCUT2D eigenvalue weighted by Gasteiger charge is 2.50. The van der Waals surface area contributed by atoms with Crippen molar-refractivity contribution >= 4 is 17.5 Å². The number of aromatic hydroxyl groups is 2. The number of rotatable bonds is 7. The Labute approximate surface area is 153 Å². The summed E-state index contributed by atoms with van der Waals surface area (Å²) in [5.41, 5.74) is -0.530. The summed E-state index contributed by atoms with van der Waals surface area (Å²) >= 11 is 0. The summed E-state index contributed by atoms with van der Waals surface area (Å²) in [6, 6.07) is 0. The van der Waals surface area contributed by atoms with Crippen molar-refractivity contribution in [3.05, 3.63) is 23.9 Å². The van der Waals surface area contributed by atoms with E-state index in [1.807, 2.05) is 20.8 Å². The second-order valence-electron chi connectivity index (χ2n) is 7.66. The number of ketones is 2. The summed E-state index contributed by atoms with van der Waals surface area (Å²) in [5, 5.41) is 20.3. The van der Waals surface area contributed by atoms with Gasteiger partial charge in [0, 0.05) is 12.3 Å². The van der Waals surface area contributed by atoms with Gasteiger partial charge in [0.2, 0.25) is 5.88 Å². The zero-order valence-corrected chi connectivity index (χ0v) is 15.8. The summed E-state index contributed by atoms with van der Waals surface area (Å²) in [4.78, 5) is 36.3. The molecule has 2 rings (SSSR count). The fourth-order valence-corrected chi connectivity index (χ4v) is 3.73. The molecule has 0 amide bonds. The van der Waals surface area contributed by atoms with Crippen molar-refractivity contribution in [1.29, 1.82) is 0 Å². The van der Waals surface area contributed by atoms with Crippen LogP contribution in [0.15, 0.2) is 18.3 Å². The molecule has 0 aliphatic heterocycles. The molecule has 1 heterocycles. The van der Waals surface area contributed by atoms with Gasteiger partial charge >= 0.3 is 0 Å². The first-order chi connectivity index (χ1) is 12.1. The van der Waals surface area contributed by atoms with Gasteiger partial charge in [0.15, 0.2) is 5.78 Å². The van der Waals surface area contributed by atoms with Crippen LogP contribution in [0.3, 0.4) is 0 Å². The molecule has 1 aliphatic carbocycles. The average Bonchev–Trinajstić information content (AvgIpc) is 2.85. The highest BCUT2D eigenvalue weighted by Crippen LogP contribution is 2.53. The van der Waals surface area contributed by atoms with Gasteiger partial charge < -0.3 is 10.2 Å². The van der Waals surface area contributed by atoms with Gasteiger partial charge in [0.05, 0.1) is 6.20 Å². The van der Waals surface area contributed by atoms with Crippen molar-refractivity contribution in [2.24, 2.45) is 17.3 Å². The molecule has 1 fully saturated rings. The lowest BCUT2D eigenvalue weighted by Gasteiger charge is -2.51. The van der Waals surface area contributed by atoms with Crippen molar-refractivity contribution in [3.8, 4) is 11.6 Å². The van der Waals surface area contributed by atoms with E-state index in [2.05, 4.69) is 0 Å². The zero-order valence-electron chi connectivity index (χ0n) is 15.8. The minimum atomic E-state index is -0.543. The number of hydrogen-bond acceptors (Lipinski definition) is 5. The molecule has 0 radical (unpaired) electrons. The SMILES string of the molecule is CCCC=CC(=O)n1cc(O)c(C(=O)CC2C[C@@H](C(C)=O)C2(C)C)c1O. The molecular formula is C20H27NO5. The third-order valence-corrected chi connectivity index (χ3v) is 5.58. The van der Waals surface area contributed by atoms with Gasteiger partial charge in [-0.15, -0.1) is 0 Å². The summed E-state index contributed by atoms with van der Waals surface area (Å²) in [6.07, 6.45) is 6.39. The van der Waals surface area contributed by atoms with Crippen molar-refractivity contribution in [1.82, 2.24) is 4.57 Å². The quantitative estimate of drug-likeness (QED) is 0.570. The molecule has 2 atom stereocenters. The van der Waals surface area contributed by atoms with Crippen molar-refractivity contribution in [2.75, 3.05) is 0 Å². The third-order valence-electron chi connectivity index (χ3n) is 5.58. The van der Waals surface area contributed by atoms with Crippen LogP contribution in [0.1, 0.15) is 68.5 Å². The second kappa shape index (κ2) is 7.48. The van der Waals surface area contributed by atoms with E-state index in [0.29, 0.717) is 6.42 Å². The van der Waals surface area contributed by atoms with Crippen LogP contribution in [0.25, 0.3) is 0 Å². The number of hydrogen-bond donors (Lipinski definition) is 2. The summed E-state index contributed by atoms with van der Waals surface area (Å²) < 4.78 is 0.874. The Kier molecular flexibility index (Phi) is 5.74. The molecular weight excluding hydrogens is 334 g/mol. The minimum Gasteiger partial charge on any atom is -0.505 e. The average molecular weight is 361 g/mol. The largest absolute Gasteiger partial charge is 0.505 e. The van der Waals surface area contributed by atoms with Crippen LogP contribution in [0, 0.1) is 17.3 Å². The fraction of sp³-hybridized carbons (Fsp3) is 0.550. The maximum absolute atomic E-state index is 12.6. The normalized spacial score (nSPS) is 21.5. The molecule has 6 nitrogen and oxygen atoms in total. The first-order valence-electron chi connectivity index (χ1n) is 8.99. The molecule has 1 aromatic heterocycles. The van der Waals surface area contributed by atoms with Crippen LogP contribution >= 0.6 is 0 Å². The lowest BCUT2D eigenvalue weighted by Crippen LogP contribution is -2.48. The zero-order chi connectivity index (χ0) is 19.6.